The zero-order valence-electron chi connectivity index (χ0n) is 18.1. The average molecular weight is 429 g/mol. The number of rotatable bonds is 8. The fourth-order valence-corrected chi connectivity index (χ4v) is 4.11. The zero-order chi connectivity index (χ0) is 22.1. The third-order valence-corrected chi connectivity index (χ3v) is 6.78. The number of nitro benzene ring substituents is 1. The molecule has 0 spiro atoms. The lowest BCUT2D eigenvalue weighted by molar-refractivity contribution is -0.384. The summed E-state index contributed by atoms with van der Waals surface area (Å²) in [4.78, 5) is 29.1. The summed E-state index contributed by atoms with van der Waals surface area (Å²) < 4.78 is 9.20. The van der Waals surface area contributed by atoms with Gasteiger partial charge in [0.15, 0.2) is 0 Å². The van der Waals surface area contributed by atoms with E-state index < -0.39 is 13.0 Å². The van der Waals surface area contributed by atoms with Gasteiger partial charge in [-0.25, -0.2) is 4.98 Å². The van der Waals surface area contributed by atoms with E-state index >= 15 is 0 Å². The van der Waals surface area contributed by atoms with E-state index in [2.05, 4.69) is 19.6 Å². The molecule has 0 amide bonds. The van der Waals surface area contributed by atoms with Crippen molar-refractivity contribution in [2.75, 3.05) is 6.61 Å². The predicted octanol–water partition coefficient (Wildman–Crippen LogP) is 4.25. The van der Waals surface area contributed by atoms with E-state index in [-0.39, 0.29) is 16.8 Å². The summed E-state index contributed by atoms with van der Waals surface area (Å²) in [5.41, 5.74) is 1.54. The Morgan fingerprint density at radius 3 is 2.57 bits per heavy atom. The number of hydrogen-bond donors (Lipinski definition) is 0. The molecule has 0 radical (unpaired) electrons. The monoisotopic (exact) mass is 428 g/mol. The van der Waals surface area contributed by atoms with E-state index in [0.29, 0.717) is 36.8 Å². The van der Waals surface area contributed by atoms with Gasteiger partial charge in [0.25, 0.3) is 11.2 Å². The smallest absolute Gasteiger partial charge is 0.277 e. The molecule has 9 heteroatoms. The molecule has 0 aliphatic carbocycles. The number of aromatic nitrogens is 3. The molecule has 8 nitrogen and oxygen atoms in total. The average Bonchev–Trinajstić information content (AvgIpc) is 3.00. The molecule has 30 heavy (non-hydrogen) atoms. The lowest BCUT2D eigenvalue weighted by Gasteiger charge is -2.16. The summed E-state index contributed by atoms with van der Waals surface area (Å²) >= 11 is 0. The van der Waals surface area contributed by atoms with Gasteiger partial charge in [0.05, 0.1) is 21.7 Å². The number of nitro groups is 1. The zero-order valence-corrected chi connectivity index (χ0v) is 19.1. The number of aryl methyl sites for hydroxylation is 2. The van der Waals surface area contributed by atoms with Crippen LogP contribution in [0.1, 0.15) is 18.3 Å². The molecule has 2 heterocycles. The van der Waals surface area contributed by atoms with Gasteiger partial charge in [0, 0.05) is 32.6 Å². The van der Waals surface area contributed by atoms with Crippen LogP contribution in [0.15, 0.2) is 35.3 Å². The first kappa shape index (κ1) is 21.9. The van der Waals surface area contributed by atoms with Crippen molar-refractivity contribution in [3.05, 3.63) is 62.3 Å². The Bertz CT molecular complexity index is 1140. The molecule has 0 saturated carbocycles. The molecule has 0 bridgehead atoms. The van der Waals surface area contributed by atoms with Crippen LogP contribution < -0.4 is 5.56 Å². The molecular formula is C21H28N4O4Si. The van der Waals surface area contributed by atoms with Crippen molar-refractivity contribution in [3.8, 4) is 11.1 Å². The maximum atomic E-state index is 13.4. The van der Waals surface area contributed by atoms with Crippen LogP contribution >= 0.6 is 0 Å². The third kappa shape index (κ3) is 4.36. The highest BCUT2D eigenvalue weighted by Crippen LogP contribution is 2.29. The van der Waals surface area contributed by atoms with Crippen molar-refractivity contribution in [1.82, 2.24) is 14.0 Å². The van der Waals surface area contributed by atoms with Crippen LogP contribution in [-0.4, -0.2) is 33.6 Å². The quantitative estimate of drug-likeness (QED) is 0.231. The standard InChI is InChI=1S/C21H28N4O4Si/c1-6-17-19(16-9-7-8-10-18(16)25(27)28)20(26)23-13-15(2)24(21(23)22-17)14-29-11-12-30(3,4)5/h7-10,13H,6,11-12,14H2,1-5H3. The molecule has 0 unspecified atom stereocenters. The fraction of sp³-hybridized carbons (Fsp3) is 0.429. The van der Waals surface area contributed by atoms with E-state index in [1.54, 1.807) is 24.4 Å². The molecule has 0 atom stereocenters. The highest BCUT2D eigenvalue weighted by Gasteiger charge is 2.23. The maximum absolute atomic E-state index is 13.4. The van der Waals surface area contributed by atoms with Crippen LogP contribution in [0.5, 0.6) is 0 Å². The number of hydrogen-bond acceptors (Lipinski definition) is 5. The minimum Gasteiger partial charge on any atom is -0.361 e. The summed E-state index contributed by atoms with van der Waals surface area (Å²) in [6, 6.07) is 7.35. The van der Waals surface area contributed by atoms with Crippen molar-refractivity contribution < 1.29 is 9.66 Å². The number of ether oxygens (including phenoxy) is 1. The van der Waals surface area contributed by atoms with Crippen molar-refractivity contribution in [2.45, 2.75) is 52.7 Å². The second-order valence-corrected chi connectivity index (χ2v) is 14.2. The lowest BCUT2D eigenvalue weighted by atomic mass is 10.0. The van der Waals surface area contributed by atoms with E-state index in [1.807, 2.05) is 18.4 Å². The first-order valence-electron chi connectivity index (χ1n) is 10.1. The van der Waals surface area contributed by atoms with Crippen LogP contribution in [0.4, 0.5) is 5.69 Å². The Balaban J connectivity index is 2.09. The highest BCUT2D eigenvalue weighted by atomic mass is 28.3. The second kappa shape index (κ2) is 8.53. The van der Waals surface area contributed by atoms with Gasteiger partial charge in [-0.3, -0.25) is 23.9 Å². The van der Waals surface area contributed by atoms with Crippen LogP contribution in [0, 0.1) is 17.0 Å². The van der Waals surface area contributed by atoms with E-state index in [9.17, 15) is 14.9 Å². The highest BCUT2D eigenvalue weighted by molar-refractivity contribution is 6.76. The summed E-state index contributed by atoms with van der Waals surface area (Å²) in [5, 5.41) is 11.5. The minimum absolute atomic E-state index is 0.100. The number of para-hydroxylation sites is 1. The molecule has 160 valence electrons. The third-order valence-electron chi connectivity index (χ3n) is 5.08. The Labute approximate surface area is 176 Å². The van der Waals surface area contributed by atoms with Crippen molar-refractivity contribution in [2.24, 2.45) is 0 Å². The molecule has 0 aliphatic heterocycles. The lowest BCUT2D eigenvalue weighted by Crippen LogP contribution is -2.22. The number of nitrogens with zero attached hydrogens (tertiary/aromatic N) is 4. The van der Waals surface area contributed by atoms with E-state index in [4.69, 9.17) is 9.72 Å². The van der Waals surface area contributed by atoms with Gasteiger partial charge in [-0.2, -0.15) is 0 Å². The van der Waals surface area contributed by atoms with Gasteiger partial charge in [0.2, 0.25) is 5.78 Å². The summed E-state index contributed by atoms with van der Waals surface area (Å²) in [6.07, 6.45) is 2.19. The van der Waals surface area contributed by atoms with Crippen LogP contribution in [0.2, 0.25) is 25.7 Å². The Morgan fingerprint density at radius 1 is 1.23 bits per heavy atom. The van der Waals surface area contributed by atoms with E-state index in [1.165, 1.54) is 10.5 Å². The molecular weight excluding hydrogens is 400 g/mol. The van der Waals surface area contributed by atoms with Gasteiger partial charge < -0.3 is 4.74 Å². The SMILES string of the molecule is CCc1nc2n(COCC[Si](C)(C)C)c(C)cn2c(=O)c1-c1ccccc1[N+](=O)[O-]. The van der Waals surface area contributed by atoms with Crippen molar-refractivity contribution in [3.63, 3.8) is 0 Å². The van der Waals surface area contributed by atoms with Gasteiger partial charge in [-0.1, -0.05) is 38.7 Å². The molecule has 0 aliphatic rings. The maximum Gasteiger partial charge on any atom is 0.277 e. The number of benzene rings is 1. The summed E-state index contributed by atoms with van der Waals surface area (Å²) in [6.45, 7) is 11.7. The van der Waals surface area contributed by atoms with Gasteiger partial charge >= 0.3 is 0 Å². The summed E-state index contributed by atoms with van der Waals surface area (Å²) in [7, 11) is -1.19. The first-order chi connectivity index (χ1) is 14.1. The second-order valence-electron chi connectivity index (χ2n) is 8.58. The number of fused-ring (bicyclic) bond motifs is 1. The normalized spacial score (nSPS) is 11.9. The Kier molecular flexibility index (Phi) is 6.23. The summed E-state index contributed by atoms with van der Waals surface area (Å²) in [5.74, 6) is 0.490. The van der Waals surface area contributed by atoms with Gasteiger partial charge in [-0.15, -0.1) is 0 Å². The van der Waals surface area contributed by atoms with Crippen molar-refractivity contribution >= 4 is 19.5 Å². The molecule has 2 aromatic heterocycles. The van der Waals surface area contributed by atoms with Crippen molar-refractivity contribution in [1.29, 1.82) is 0 Å². The Hall–Kier alpha value is -2.78. The van der Waals surface area contributed by atoms with Gasteiger partial charge in [-0.05, 0) is 25.5 Å². The molecule has 0 saturated heterocycles. The molecule has 1 aromatic carbocycles. The first-order valence-corrected chi connectivity index (χ1v) is 13.8. The topological polar surface area (TPSA) is 91.7 Å². The molecule has 3 rings (SSSR count). The van der Waals surface area contributed by atoms with Crippen LogP contribution in [-0.2, 0) is 17.9 Å². The fourth-order valence-electron chi connectivity index (χ4n) is 3.35. The largest absolute Gasteiger partial charge is 0.361 e. The molecule has 3 aromatic rings. The van der Waals surface area contributed by atoms with Gasteiger partial charge in [0.1, 0.15) is 6.73 Å². The van der Waals surface area contributed by atoms with E-state index in [0.717, 1.165) is 11.7 Å². The Morgan fingerprint density at radius 2 is 1.93 bits per heavy atom. The van der Waals surface area contributed by atoms with Crippen LogP contribution in [0.25, 0.3) is 16.9 Å². The number of imidazole rings is 1. The molecule has 0 N–H and O–H groups in total. The van der Waals surface area contributed by atoms with Crippen LogP contribution in [0.3, 0.4) is 0 Å². The minimum atomic E-state index is -1.19. The molecule has 0 fully saturated rings. The predicted molar refractivity (Wildman–Crippen MR) is 120 cm³/mol.